The highest BCUT2D eigenvalue weighted by Gasteiger charge is 2.28. The molecule has 0 radical (unpaired) electrons. The van der Waals surface area contributed by atoms with Crippen molar-refractivity contribution in [3.63, 3.8) is 0 Å². The first-order chi connectivity index (χ1) is 12.4. The minimum absolute atomic E-state index is 0.0288. The average Bonchev–Trinajstić information content (AvgIpc) is 2.63. The van der Waals surface area contributed by atoms with Gasteiger partial charge in [-0.3, -0.25) is 14.9 Å². The van der Waals surface area contributed by atoms with E-state index < -0.39 is 4.92 Å². The van der Waals surface area contributed by atoms with Crippen LogP contribution in [0.4, 0.5) is 17.3 Å². The average molecular weight is 420 g/mol. The molecule has 1 amide bonds. The van der Waals surface area contributed by atoms with Crippen LogP contribution in [-0.4, -0.2) is 33.9 Å². The molecule has 1 N–H and O–H groups in total. The molecule has 0 aliphatic carbocycles. The number of amides is 1. The molecule has 1 fully saturated rings. The van der Waals surface area contributed by atoms with Crippen LogP contribution in [0.2, 0.25) is 0 Å². The third-order valence-corrected chi connectivity index (χ3v) is 4.79. The fraction of sp³-hybridized carbons (Fsp3) is 0.353. The van der Waals surface area contributed by atoms with E-state index in [0.29, 0.717) is 18.2 Å². The Labute approximate surface area is 158 Å². The molecule has 2 aromatic heterocycles. The number of anilines is 2. The number of carbonyl (C=O) groups excluding carboxylic acids is 1. The van der Waals surface area contributed by atoms with Gasteiger partial charge in [0.15, 0.2) is 0 Å². The number of nitrogens with one attached hydrogen (secondary N) is 1. The molecule has 0 aromatic carbocycles. The van der Waals surface area contributed by atoms with Gasteiger partial charge in [0.25, 0.3) is 5.69 Å². The molecule has 0 bridgehead atoms. The standard InChI is InChI=1S/C17H18BrN5O3/c1-11-7-14(23(25)26)9-20-16(11)22-6-2-3-12(10-22)17(24)21-15-5-4-13(18)8-19-15/h4-5,7-9,12H,2-3,6,10H2,1H3,(H,19,21,24). The number of aromatic nitrogens is 2. The lowest BCUT2D eigenvalue weighted by atomic mass is 9.96. The normalized spacial score (nSPS) is 17.0. The number of hydrogen-bond donors (Lipinski definition) is 1. The van der Waals surface area contributed by atoms with E-state index in [1.807, 2.05) is 11.0 Å². The van der Waals surface area contributed by atoms with Gasteiger partial charge in [-0.25, -0.2) is 9.97 Å². The third kappa shape index (κ3) is 4.16. The Hall–Kier alpha value is -2.55. The Morgan fingerprint density at radius 1 is 1.38 bits per heavy atom. The van der Waals surface area contributed by atoms with Crippen LogP contribution in [0.1, 0.15) is 18.4 Å². The highest BCUT2D eigenvalue weighted by atomic mass is 79.9. The van der Waals surface area contributed by atoms with Gasteiger partial charge < -0.3 is 10.2 Å². The van der Waals surface area contributed by atoms with Crippen LogP contribution < -0.4 is 10.2 Å². The maximum absolute atomic E-state index is 12.6. The maximum Gasteiger partial charge on any atom is 0.287 e. The molecule has 2 aromatic rings. The van der Waals surface area contributed by atoms with Crippen molar-refractivity contribution in [1.29, 1.82) is 0 Å². The second-order valence-corrected chi connectivity index (χ2v) is 7.14. The Bertz CT molecular complexity index is 828. The molecule has 1 atom stereocenters. The van der Waals surface area contributed by atoms with Gasteiger partial charge in [-0.1, -0.05) is 0 Å². The van der Waals surface area contributed by atoms with E-state index in [9.17, 15) is 14.9 Å². The van der Waals surface area contributed by atoms with E-state index in [-0.39, 0.29) is 17.5 Å². The minimum atomic E-state index is -0.457. The third-order valence-electron chi connectivity index (χ3n) is 4.32. The summed E-state index contributed by atoms with van der Waals surface area (Å²) in [6.45, 7) is 3.09. The first kappa shape index (κ1) is 18.2. The van der Waals surface area contributed by atoms with Gasteiger partial charge in [0.1, 0.15) is 17.8 Å². The zero-order valence-corrected chi connectivity index (χ0v) is 15.8. The predicted molar refractivity (Wildman–Crippen MR) is 101 cm³/mol. The Kier molecular flexibility index (Phi) is 5.46. The number of carbonyl (C=O) groups is 1. The highest BCUT2D eigenvalue weighted by Crippen LogP contribution is 2.27. The summed E-state index contributed by atoms with van der Waals surface area (Å²) >= 11 is 3.31. The monoisotopic (exact) mass is 419 g/mol. The molecule has 3 rings (SSSR count). The molecule has 26 heavy (non-hydrogen) atoms. The molecule has 136 valence electrons. The number of rotatable bonds is 4. The lowest BCUT2D eigenvalue weighted by molar-refractivity contribution is -0.385. The number of pyridine rings is 2. The first-order valence-corrected chi connectivity index (χ1v) is 9.02. The molecule has 1 aliphatic rings. The smallest absolute Gasteiger partial charge is 0.287 e. The minimum Gasteiger partial charge on any atom is -0.356 e. The summed E-state index contributed by atoms with van der Waals surface area (Å²) in [5, 5.41) is 13.7. The summed E-state index contributed by atoms with van der Waals surface area (Å²) in [7, 11) is 0. The van der Waals surface area contributed by atoms with Crippen molar-refractivity contribution in [2.45, 2.75) is 19.8 Å². The van der Waals surface area contributed by atoms with Crippen molar-refractivity contribution in [2.24, 2.45) is 5.92 Å². The van der Waals surface area contributed by atoms with Crippen LogP contribution in [0.15, 0.2) is 35.1 Å². The number of halogens is 1. The summed E-state index contributed by atoms with van der Waals surface area (Å²) in [6.07, 6.45) is 4.53. The van der Waals surface area contributed by atoms with E-state index >= 15 is 0 Å². The van der Waals surface area contributed by atoms with Crippen molar-refractivity contribution in [2.75, 3.05) is 23.3 Å². The van der Waals surface area contributed by atoms with Crippen LogP contribution >= 0.6 is 15.9 Å². The van der Waals surface area contributed by atoms with Crippen molar-refractivity contribution in [3.05, 3.63) is 50.7 Å². The molecule has 3 heterocycles. The largest absolute Gasteiger partial charge is 0.356 e. The molecular weight excluding hydrogens is 402 g/mol. The predicted octanol–water partition coefficient (Wildman–Crippen LogP) is 3.31. The Morgan fingerprint density at radius 2 is 2.19 bits per heavy atom. The summed E-state index contributed by atoms with van der Waals surface area (Å²) in [4.78, 5) is 33.4. The summed E-state index contributed by atoms with van der Waals surface area (Å²) in [6, 6.07) is 5.07. The summed E-state index contributed by atoms with van der Waals surface area (Å²) in [5.74, 6) is 0.935. The van der Waals surface area contributed by atoms with Crippen molar-refractivity contribution < 1.29 is 9.72 Å². The van der Waals surface area contributed by atoms with E-state index in [0.717, 1.165) is 29.4 Å². The molecule has 1 aliphatic heterocycles. The fourth-order valence-corrected chi connectivity index (χ4v) is 3.28. The van der Waals surface area contributed by atoms with Gasteiger partial charge in [-0.2, -0.15) is 0 Å². The second-order valence-electron chi connectivity index (χ2n) is 6.23. The van der Waals surface area contributed by atoms with Gasteiger partial charge in [0, 0.05) is 29.8 Å². The van der Waals surface area contributed by atoms with Crippen LogP contribution in [0.3, 0.4) is 0 Å². The number of aryl methyl sites for hydroxylation is 1. The van der Waals surface area contributed by atoms with E-state index in [1.54, 1.807) is 19.2 Å². The van der Waals surface area contributed by atoms with Crippen LogP contribution in [0, 0.1) is 23.0 Å². The van der Waals surface area contributed by atoms with Crippen LogP contribution in [-0.2, 0) is 4.79 Å². The highest BCUT2D eigenvalue weighted by molar-refractivity contribution is 9.10. The van der Waals surface area contributed by atoms with Gasteiger partial charge in [-0.05, 0) is 53.4 Å². The molecule has 0 spiro atoms. The summed E-state index contributed by atoms with van der Waals surface area (Å²) in [5.41, 5.74) is 0.702. The van der Waals surface area contributed by atoms with Crippen molar-refractivity contribution in [3.8, 4) is 0 Å². The molecule has 1 unspecified atom stereocenters. The van der Waals surface area contributed by atoms with Gasteiger partial charge in [-0.15, -0.1) is 0 Å². The van der Waals surface area contributed by atoms with E-state index in [4.69, 9.17) is 0 Å². The number of hydrogen-bond acceptors (Lipinski definition) is 6. The molecular formula is C17H18BrN5O3. The molecule has 1 saturated heterocycles. The molecule has 0 saturated carbocycles. The Balaban J connectivity index is 1.69. The van der Waals surface area contributed by atoms with Crippen molar-refractivity contribution >= 4 is 39.2 Å². The lowest BCUT2D eigenvalue weighted by Gasteiger charge is -2.33. The van der Waals surface area contributed by atoms with E-state index in [1.165, 1.54) is 12.3 Å². The molecule has 8 nitrogen and oxygen atoms in total. The zero-order chi connectivity index (χ0) is 18.7. The van der Waals surface area contributed by atoms with Crippen LogP contribution in [0.25, 0.3) is 0 Å². The number of nitrogens with zero attached hydrogens (tertiary/aromatic N) is 4. The second kappa shape index (κ2) is 7.77. The van der Waals surface area contributed by atoms with E-state index in [2.05, 4.69) is 31.2 Å². The first-order valence-electron chi connectivity index (χ1n) is 8.22. The quantitative estimate of drug-likeness (QED) is 0.602. The van der Waals surface area contributed by atoms with Gasteiger partial charge in [0.05, 0.1) is 10.8 Å². The van der Waals surface area contributed by atoms with Crippen LogP contribution in [0.5, 0.6) is 0 Å². The lowest BCUT2D eigenvalue weighted by Crippen LogP contribution is -2.41. The molecule has 9 heteroatoms. The topological polar surface area (TPSA) is 101 Å². The summed E-state index contributed by atoms with van der Waals surface area (Å²) < 4.78 is 0.846. The zero-order valence-electron chi connectivity index (χ0n) is 14.2. The van der Waals surface area contributed by atoms with Gasteiger partial charge in [0.2, 0.25) is 5.91 Å². The van der Waals surface area contributed by atoms with Gasteiger partial charge >= 0.3 is 0 Å². The Morgan fingerprint density at radius 3 is 2.85 bits per heavy atom. The number of piperidine rings is 1. The maximum atomic E-state index is 12.6. The SMILES string of the molecule is Cc1cc([N+](=O)[O-])cnc1N1CCCC(C(=O)Nc2ccc(Br)cn2)C1. The fourth-order valence-electron chi connectivity index (χ4n) is 3.05. The number of nitro groups is 1. The van der Waals surface area contributed by atoms with Crippen molar-refractivity contribution in [1.82, 2.24) is 9.97 Å².